The van der Waals surface area contributed by atoms with E-state index in [1.54, 1.807) is 12.1 Å². The number of carbonyl (C=O) groups is 2. The molecule has 1 saturated heterocycles. The lowest BCUT2D eigenvalue weighted by Crippen LogP contribution is -2.44. The Labute approximate surface area is 177 Å². The Morgan fingerprint density at radius 3 is 2.32 bits per heavy atom. The van der Waals surface area contributed by atoms with Crippen molar-refractivity contribution in [3.05, 3.63) is 65.2 Å². The molecule has 0 radical (unpaired) electrons. The molecule has 0 saturated carbocycles. The van der Waals surface area contributed by atoms with Crippen LogP contribution in [0.25, 0.3) is 11.3 Å². The van der Waals surface area contributed by atoms with Crippen molar-refractivity contribution in [3.8, 4) is 11.3 Å². The highest BCUT2D eigenvalue weighted by molar-refractivity contribution is 6.04. The van der Waals surface area contributed by atoms with Crippen molar-refractivity contribution in [2.24, 2.45) is 0 Å². The third-order valence-electron chi connectivity index (χ3n) is 5.29. The summed E-state index contributed by atoms with van der Waals surface area (Å²) >= 11 is 0. The van der Waals surface area contributed by atoms with Crippen molar-refractivity contribution in [1.82, 2.24) is 15.1 Å². The van der Waals surface area contributed by atoms with Gasteiger partial charge in [-0.2, -0.15) is 5.10 Å². The van der Waals surface area contributed by atoms with Crippen LogP contribution in [-0.2, 0) is 0 Å². The normalized spacial score (nSPS) is 14.5. The van der Waals surface area contributed by atoms with Gasteiger partial charge in [0.1, 0.15) is 17.9 Å². The standard InChI is InChI=1S/C22H21F2N5O2/c1-28-6-8-29(9-7-28)16-4-2-15(3-5-16)22(31)25-20-12-19(26-27-20)21-17(23)10-14(13-30)11-18(21)24/h2-5,10-13H,6-9H2,1H3,(H2,25,26,27,31). The number of benzene rings is 2. The van der Waals surface area contributed by atoms with E-state index in [1.165, 1.54) is 6.07 Å². The first-order valence-corrected chi connectivity index (χ1v) is 9.79. The molecule has 1 fully saturated rings. The van der Waals surface area contributed by atoms with Gasteiger partial charge in [0.15, 0.2) is 5.82 Å². The highest BCUT2D eigenvalue weighted by Crippen LogP contribution is 2.27. The topological polar surface area (TPSA) is 81.3 Å². The fraction of sp³-hybridized carbons (Fsp3) is 0.227. The van der Waals surface area contributed by atoms with Crippen LogP contribution in [0.5, 0.6) is 0 Å². The number of rotatable bonds is 5. The smallest absolute Gasteiger partial charge is 0.256 e. The zero-order valence-corrected chi connectivity index (χ0v) is 16.9. The van der Waals surface area contributed by atoms with Gasteiger partial charge < -0.3 is 15.1 Å². The lowest BCUT2D eigenvalue weighted by molar-refractivity contribution is 0.102. The molecule has 2 heterocycles. The Balaban J connectivity index is 1.45. The Kier molecular flexibility index (Phi) is 5.77. The van der Waals surface area contributed by atoms with Crippen molar-refractivity contribution in [2.45, 2.75) is 0 Å². The van der Waals surface area contributed by atoms with Crippen LogP contribution in [0.15, 0.2) is 42.5 Å². The van der Waals surface area contributed by atoms with E-state index in [1.807, 2.05) is 12.1 Å². The maximum atomic E-state index is 14.2. The number of anilines is 2. The van der Waals surface area contributed by atoms with Crippen LogP contribution in [-0.4, -0.2) is 60.5 Å². The van der Waals surface area contributed by atoms with Crippen LogP contribution in [0.3, 0.4) is 0 Å². The number of halogens is 2. The maximum absolute atomic E-state index is 14.2. The summed E-state index contributed by atoms with van der Waals surface area (Å²) in [6.45, 7) is 3.84. The number of likely N-dealkylation sites (N-methyl/N-ethyl adjacent to an activating group) is 1. The first-order chi connectivity index (χ1) is 14.9. The molecule has 1 aliphatic heterocycles. The van der Waals surface area contributed by atoms with Crippen molar-refractivity contribution >= 4 is 23.7 Å². The Morgan fingerprint density at radius 1 is 1.06 bits per heavy atom. The van der Waals surface area contributed by atoms with Gasteiger partial charge in [0.25, 0.3) is 5.91 Å². The van der Waals surface area contributed by atoms with Crippen LogP contribution in [0.2, 0.25) is 0 Å². The van der Waals surface area contributed by atoms with E-state index in [2.05, 4.69) is 32.4 Å². The zero-order valence-electron chi connectivity index (χ0n) is 16.9. The van der Waals surface area contributed by atoms with Crippen molar-refractivity contribution in [1.29, 1.82) is 0 Å². The lowest BCUT2D eigenvalue weighted by atomic mass is 10.1. The number of nitrogens with one attached hydrogen (secondary N) is 2. The summed E-state index contributed by atoms with van der Waals surface area (Å²) in [7, 11) is 2.09. The van der Waals surface area contributed by atoms with Gasteiger partial charge in [-0.05, 0) is 43.4 Å². The number of aromatic nitrogens is 2. The summed E-state index contributed by atoms with van der Waals surface area (Å²) in [5.74, 6) is -2.06. The van der Waals surface area contributed by atoms with E-state index in [9.17, 15) is 18.4 Å². The number of H-pyrrole nitrogens is 1. The molecule has 9 heteroatoms. The minimum Gasteiger partial charge on any atom is -0.369 e. The molecule has 0 unspecified atom stereocenters. The average Bonchev–Trinajstić information content (AvgIpc) is 3.21. The maximum Gasteiger partial charge on any atom is 0.256 e. The molecule has 7 nitrogen and oxygen atoms in total. The summed E-state index contributed by atoms with van der Waals surface area (Å²) in [6, 6.07) is 10.5. The van der Waals surface area contributed by atoms with Crippen LogP contribution in [0.4, 0.5) is 20.3 Å². The molecular weight excluding hydrogens is 404 g/mol. The molecule has 0 bridgehead atoms. The first-order valence-electron chi connectivity index (χ1n) is 9.79. The summed E-state index contributed by atoms with van der Waals surface area (Å²) in [5, 5.41) is 9.03. The largest absolute Gasteiger partial charge is 0.369 e. The van der Waals surface area contributed by atoms with Crippen LogP contribution in [0.1, 0.15) is 20.7 Å². The molecule has 2 aromatic carbocycles. The number of aldehydes is 1. The number of piperazine rings is 1. The molecule has 0 atom stereocenters. The molecule has 4 rings (SSSR count). The van der Waals surface area contributed by atoms with Crippen LogP contribution >= 0.6 is 0 Å². The van der Waals surface area contributed by atoms with Gasteiger partial charge in [0, 0.05) is 49.1 Å². The molecule has 31 heavy (non-hydrogen) atoms. The SMILES string of the molecule is CN1CCN(c2ccc(C(=O)Nc3cc(-c4c(F)cc(C=O)cc4F)[nH]n3)cc2)CC1. The van der Waals surface area contributed by atoms with E-state index >= 15 is 0 Å². The number of nitrogens with zero attached hydrogens (tertiary/aromatic N) is 3. The van der Waals surface area contributed by atoms with Gasteiger partial charge in [0.2, 0.25) is 0 Å². The minimum atomic E-state index is -0.900. The molecule has 0 spiro atoms. The Bertz CT molecular complexity index is 1080. The Morgan fingerprint density at radius 2 is 1.71 bits per heavy atom. The zero-order chi connectivity index (χ0) is 22.0. The number of aromatic amines is 1. The first kappa shape index (κ1) is 20.7. The summed E-state index contributed by atoms with van der Waals surface area (Å²) < 4.78 is 28.4. The number of amides is 1. The van der Waals surface area contributed by atoms with Gasteiger partial charge >= 0.3 is 0 Å². The van der Waals surface area contributed by atoms with Crippen molar-refractivity contribution in [3.63, 3.8) is 0 Å². The van der Waals surface area contributed by atoms with Crippen LogP contribution < -0.4 is 10.2 Å². The van der Waals surface area contributed by atoms with E-state index in [-0.39, 0.29) is 28.5 Å². The molecule has 1 aromatic heterocycles. The monoisotopic (exact) mass is 425 g/mol. The summed E-state index contributed by atoms with van der Waals surface area (Å²) in [4.78, 5) is 27.8. The molecule has 160 valence electrons. The van der Waals surface area contributed by atoms with E-state index in [4.69, 9.17) is 0 Å². The predicted molar refractivity (Wildman–Crippen MR) is 113 cm³/mol. The third-order valence-corrected chi connectivity index (χ3v) is 5.29. The number of hydrogen-bond donors (Lipinski definition) is 2. The second-order valence-electron chi connectivity index (χ2n) is 7.44. The van der Waals surface area contributed by atoms with Gasteiger partial charge in [-0.1, -0.05) is 0 Å². The van der Waals surface area contributed by atoms with Crippen molar-refractivity contribution < 1.29 is 18.4 Å². The quantitative estimate of drug-likeness (QED) is 0.614. The number of hydrogen-bond acceptors (Lipinski definition) is 5. The van der Waals surface area contributed by atoms with Gasteiger partial charge in [-0.25, -0.2) is 8.78 Å². The molecule has 1 aliphatic rings. The fourth-order valence-electron chi connectivity index (χ4n) is 3.51. The third kappa shape index (κ3) is 4.46. The molecule has 0 aliphatic carbocycles. The summed E-state index contributed by atoms with van der Waals surface area (Å²) in [5.41, 5.74) is 1.08. The molecular formula is C22H21F2N5O2. The van der Waals surface area contributed by atoms with Gasteiger partial charge in [-0.3, -0.25) is 14.7 Å². The highest BCUT2D eigenvalue weighted by Gasteiger charge is 2.18. The molecule has 3 aromatic rings. The van der Waals surface area contributed by atoms with Gasteiger partial charge in [-0.15, -0.1) is 0 Å². The second kappa shape index (κ2) is 8.65. The lowest BCUT2D eigenvalue weighted by Gasteiger charge is -2.34. The van der Waals surface area contributed by atoms with Gasteiger partial charge in [0.05, 0.1) is 11.3 Å². The van der Waals surface area contributed by atoms with Crippen LogP contribution in [0, 0.1) is 11.6 Å². The summed E-state index contributed by atoms with van der Waals surface area (Å²) in [6.07, 6.45) is 0.365. The Hall–Kier alpha value is -3.59. The second-order valence-corrected chi connectivity index (χ2v) is 7.44. The minimum absolute atomic E-state index is 0.0492. The predicted octanol–water partition coefficient (Wildman–Crippen LogP) is 3.17. The highest BCUT2D eigenvalue weighted by atomic mass is 19.1. The molecule has 1 amide bonds. The fourth-order valence-corrected chi connectivity index (χ4v) is 3.51. The van der Waals surface area contributed by atoms with Crippen molar-refractivity contribution in [2.75, 3.05) is 43.4 Å². The van der Waals surface area contributed by atoms with E-state index in [0.29, 0.717) is 11.8 Å². The van der Waals surface area contributed by atoms with E-state index < -0.39 is 11.6 Å². The average molecular weight is 425 g/mol. The number of carbonyl (C=O) groups excluding carboxylic acids is 2. The van der Waals surface area contributed by atoms with E-state index in [0.717, 1.165) is 44.0 Å². The molecule has 2 N–H and O–H groups in total.